The molecule has 1 aromatic rings. The molecule has 2 heterocycles. The number of hydrogen-bond acceptors (Lipinski definition) is 3. The Morgan fingerprint density at radius 3 is 2.74 bits per heavy atom. The summed E-state index contributed by atoms with van der Waals surface area (Å²) in [4.78, 5) is 11.4. The molecule has 0 N–H and O–H groups in total. The first kappa shape index (κ1) is 17.2. The van der Waals surface area contributed by atoms with Crippen molar-refractivity contribution >= 4 is 33.7 Å². The van der Waals surface area contributed by atoms with Crippen LogP contribution in [0.2, 0.25) is 0 Å². The summed E-state index contributed by atoms with van der Waals surface area (Å²) in [7, 11) is 3.88. The minimum atomic E-state index is -0.0386. The van der Waals surface area contributed by atoms with Gasteiger partial charge in [0.15, 0.2) is 0 Å². The molecule has 8 heteroatoms. The molecule has 1 aromatic heterocycles. The van der Waals surface area contributed by atoms with E-state index < -0.39 is 0 Å². The Bertz CT molecular complexity index is 475. The van der Waals surface area contributed by atoms with Crippen molar-refractivity contribution in [1.29, 1.82) is 0 Å². The SMILES string of the molecule is C=S(C)c1ncc(CN2CN(C)CN(C)C2=[N-])s1.[Y]. The van der Waals surface area contributed by atoms with Crippen LogP contribution in [0, 0.1) is 0 Å². The molecule has 1 saturated heterocycles. The second-order valence-electron chi connectivity index (χ2n) is 4.56. The molecule has 0 spiro atoms. The molecule has 103 valence electrons. The van der Waals surface area contributed by atoms with E-state index in [0.29, 0.717) is 12.5 Å². The van der Waals surface area contributed by atoms with Gasteiger partial charge >= 0.3 is 0 Å². The van der Waals surface area contributed by atoms with Crippen LogP contribution in [0.25, 0.3) is 5.41 Å². The van der Waals surface area contributed by atoms with Gasteiger partial charge in [-0.2, -0.15) is 0 Å². The maximum absolute atomic E-state index is 10.0. The van der Waals surface area contributed by atoms with E-state index in [1.165, 1.54) is 0 Å². The van der Waals surface area contributed by atoms with E-state index in [-0.39, 0.29) is 43.2 Å². The van der Waals surface area contributed by atoms with Gasteiger partial charge in [0, 0.05) is 69.6 Å². The van der Waals surface area contributed by atoms with Crippen molar-refractivity contribution in [3.8, 4) is 0 Å². The van der Waals surface area contributed by atoms with Crippen LogP contribution in [0.5, 0.6) is 0 Å². The summed E-state index contributed by atoms with van der Waals surface area (Å²) < 4.78 is 1.07. The fourth-order valence-electron chi connectivity index (χ4n) is 1.90. The Morgan fingerprint density at radius 1 is 1.47 bits per heavy atom. The van der Waals surface area contributed by atoms with Crippen LogP contribution < -0.4 is 0 Å². The molecule has 1 radical (unpaired) electrons. The molecule has 0 aromatic carbocycles. The van der Waals surface area contributed by atoms with Crippen molar-refractivity contribution in [2.24, 2.45) is 0 Å². The molecule has 0 aliphatic carbocycles. The monoisotopic (exact) mass is 373 g/mol. The molecule has 0 bridgehead atoms. The van der Waals surface area contributed by atoms with Crippen molar-refractivity contribution in [3.63, 3.8) is 0 Å². The summed E-state index contributed by atoms with van der Waals surface area (Å²) in [5.41, 5.74) is 0. The first-order chi connectivity index (χ1) is 8.47. The molecule has 19 heavy (non-hydrogen) atoms. The molecular formula is C11H18N5S2Y-. The zero-order valence-electron chi connectivity index (χ0n) is 11.5. The second kappa shape index (κ2) is 7.27. The zero-order valence-corrected chi connectivity index (χ0v) is 16.0. The predicted molar refractivity (Wildman–Crippen MR) is 80.2 cm³/mol. The molecule has 5 nitrogen and oxygen atoms in total. The number of nitrogens with zero attached hydrogens (tertiary/aromatic N) is 5. The van der Waals surface area contributed by atoms with Gasteiger partial charge < -0.3 is 15.2 Å². The summed E-state index contributed by atoms with van der Waals surface area (Å²) >= 11 is 1.67. The Hall–Kier alpha value is 0.184. The number of hydrogen-bond donors (Lipinski definition) is 0. The number of guanidine groups is 1. The Morgan fingerprint density at radius 2 is 2.16 bits per heavy atom. The van der Waals surface area contributed by atoms with E-state index in [2.05, 4.69) is 22.0 Å². The first-order valence-corrected chi connectivity index (χ1v) is 8.20. The van der Waals surface area contributed by atoms with Gasteiger partial charge in [0.2, 0.25) is 0 Å². The average molecular weight is 373 g/mol. The number of thiazole rings is 1. The Balaban J connectivity index is 0.00000180. The Labute approximate surface area is 146 Å². The van der Waals surface area contributed by atoms with Gasteiger partial charge in [0.25, 0.3) is 0 Å². The van der Waals surface area contributed by atoms with Gasteiger partial charge in [-0.25, -0.2) is 4.98 Å². The van der Waals surface area contributed by atoms with E-state index in [1.807, 2.05) is 30.1 Å². The minimum absolute atomic E-state index is 0. The van der Waals surface area contributed by atoms with E-state index in [0.717, 1.165) is 22.6 Å². The minimum Gasteiger partial charge on any atom is -0.416 e. The van der Waals surface area contributed by atoms with Crippen LogP contribution in [0.1, 0.15) is 4.88 Å². The van der Waals surface area contributed by atoms with Crippen LogP contribution in [-0.2, 0) is 39.3 Å². The normalized spacial score (nSPS) is 18.4. The largest absolute Gasteiger partial charge is 0.416 e. The third-order valence-corrected chi connectivity index (χ3v) is 5.25. The molecule has 1 atom stereocenters. The van der Waals surface area contributed by atoms with Crippen LogP contribution in [-0.4, -0.2) is 65.2 Å². The quantitative estimate of drug-likeness (QED) is 0.751. The topological polar surface area (TPSA) is 44.9 Å². The van der Waals surface area contributed by atoms with Crippen molar-refractivity contribution in [1.82, 2.24) is 19.7 Å². The van der Waals surface area contributed by atoms with Crippen molar-refractivity contribution in [2.45, 2.75) is 10.9 Å². The maximum Gasteiger partial charge on any atom is 0.143 e. The van der Waals surface area contributed by atoms with Crippen molar-refractivity contribution in [2.75, 3.05) is 33.7 Å². The van der Waals surface area contributed by atoms with E-state index >= 15 is 0 Å². The van der Waals surface area contributed by atoms with Gasteiger partial charge in [0.1, 0.15) is 4.34 Å². The average Bonchev–Trinajstić information content (AvgIpc) is 2.74. The fraction of sp³-hybridized carbons (Fsp3) is 0.545. The predicted octanol–water partition coefficient (Wildman–Crippen LogP) is 1.35. The third-order valence-electron chi connectivity index (χ3n) is 2.67. The summed E-state index contributed by atoms with van der Waals surface area (Å²) in [6, 6.07) is 0. The second-order valence-corrected chi connectivity index (χ2v) is 7.60. The molecule has 1 aliphatic rings. The van der Waals surface area contributed by atoms with Gasteiger partial charge in [-0.05, 0) is 20.4 Å². The maximum atomic E-state index is 10.0. The molecule has 0 amide bonds. The van der Waals surface area contributed by atoms with Crippen LogP contribution >= 0.6 is 21.8 Å². The van der Waals surface area contributed by atoms with E-state index in [9.17, 15) is 5.41 Å². The zero-order chi connectivity index (χ0) is 13.3. The molecular weight excluding hydrogens is 355 g/mol. The van der Waals surface area contributed by atoms with Crippen LogP contribution in [0.15, 0.2) is 10.5 Å². The molecule has 1 aliphatic heterocycles. The van der Waals surface area contributed by atoms with Crippen LogP contribution in [0.3, 0.4) is 0 Å². The molecule has 1 unspecified atom stereocenters. The molecule has 2 rings (SSSR count). The fourth-order valence-corrected chi connectivity index (χ4v) is 3.68. The van der Waals surface area contributed by atoms with E-state index in [1.54, 1.807) is 11.3 Å². The molecule has 0 saturated carbocycles. The van der Waals surface area contributed by atoms with Crippen molar-refractivity contribution in [3.05, 3.63) is 16.5 Å². The Kier molecular flexibility index (Phi) is 6.59. The smallest absolute Gasteiger partial charge is 0.143 e. The standard InChI is InChI=1S/C11H18N5S2.Y/c1-14-7-15(2)10(12)16(8-14)6-9-5-13-11(17-9)18(3)4;/h5H,3,6-8H2,1-2,4H3;/q-1;. The van der Waals surface area contributed by atoms with Gasteiger partial charge in [0.05, 0.1) is 0 Å². The summed E-state index contributed by atoms with van der Waals surface area (Å²) in [6.45, 7) is 2.16. The molecule has 1 fully saturated rings. The van der Waals surface area contributed by atoms with Gasteiger partial charge in [-0.1, -0.05) is 5.87 Å². The first-order valence-electron chi connectivity index (χ1n) is 5.58. The van der Waals surface area contributed by atoms with Gasteiger partial charge in [-0.3, -0.25) is 4.90 Å². The number of rotatable bonds is 3. The third kappa shape index (κ3) is 4.33. The van der Waals surface area contributed by atoms with Crippen LogP contribution in [0.4, 0.5) is 0 Å². The summed E-state index contributed by atoms with van der Waals surface area (Å²) in [6.07, 6.45) is 3.95. The van der Waals surface area contributed by atoms with Gasteiger partial charge in [-0.15, -0.1) is 21.8 Å². The summed E-state index contributed by atoms with van der Waals surface area (Å²) in [5, 5.41) is 10.0. The van der Waals surface area contributed by atoms with E-state index in [4.69, 9.17) is 0 Å². The number of aromatic nitrogens is 1. The van der Waals surface area contributed by atoms with Crippen molar-refractivity contribution < 1.29 is 32.7 Å². The summed E-state index contributed by atoms with van der Waals surface area (Å²) in [5.74, 6) is 4.33.